The van der Waals surface area contributed by atoms with Crippen molar-refractivity contribution in [3.63, 3.8) is 0 Å². The minimum Gasteiger partial charge on any atom is -0.491 e. The molecule has 0 aliphatic heterocycles. The normalized spacial score (nSPS) is 23.3. The van der Waals surface area contributed by atoms with Crippen molar-refractivity contribution in [1.29, 1.82) is 0 Å². The third-order valence-corrected chi connectivity index (χ3v) is 8.26. The van der Waals surface area contributed by atoms with Gasteiger partial charge >= 0.3 is 0 Å². The van der Waals surface area contributed by atoms with E-state index >= 15 is 0 Å². The molecule has 2 N–H and O–H groups in total. The van der Waals surface area contributed by atoms with E-state index in [4.69, 9.17) is 4.74 Å². The van der Waals surface area contributed by atoms with Gasteiger partial charge in [0, 0.05) is 17.3 Å². The van der Waals surface area contributed by atoms with Gasteiger partial charge in [0.2, 0.25) is 10.0 Å². The quantitative estimate of drug-likeness (QED) is 0.596. The molecule has 6 nitrogen and oxygen atoms in total. The molecule has 4 rings (SSSR count). The lowest BCUT2D eigenvalue weighted by Gasteiger charge is -2.28. The summed E-state index contributed by atoms with van der Waals surface area (Å²) in [6.07, 6.45) is 4.96. The van der Waals surface area contributed by atoms with Gasteiger partial charge in [0.05, 0.1) is 11.0 Å². The fourth-order valence-electron chi connectivity index (χ4n) is 5.18. The van der Waals surface area contributed by atoms with Crippen LogP contribution in [0.3, 0.4) is 0 Å². The smallest absolute Gasteiger partial charge is 0.255 e. The van der Waals surface area contributed by atoms with E-state index in [1.54, 1.807) is 36.4 Å². The van der Waals surface area contributed by atoms with Crippen LogP contribution in [0.15, 0.2) is 53.4 Å². The van der Waals surface area contributed by atoms with Crippen LogP contribution in [0.2, 0.25) is 0 Å². The Morgan fingerprint density at radius 2 is 1.66 bits per heavy atom. The first-order valence-electron chi connectivity index (χ1n) is 11.4. The molecule has 32 heavy (non-hydrogen) atoms. The van der Waals surface area contributed by atoms with Gasteiger partial charge in [0.15, 0.2) is 0 Å². The van der Waals surface area contributed by atoms with Gasteiger partial charge in [-0.1, -0.05) is 6.42 Å². The molecule has 4 unspecified atom stereocenters. The summed E-state index contributed by atoms with van der Waals surface area (Å²) in [4.78, 5) is 12.7. The van der Waals surface area contributed by atoms with Gasteiger partial charge in [-0.15, -0.1) is 0 Å². The van der Waals surface area contributed by atoms with Crippen LogP contribution in [-0.4, -0.2) is 26.5 Å². The highest BCUT2D eigenvalue weighted by Crippen LogP contribution is 2.49. The summed E-state index contributed by atoms with van der Waals surface area (Å²) in [6, 6.07) is 13.1. The molecule has 2 bridgehead atoms. The van der Waals surface area contributed by atoms with Gasteiger partial charge in [-0.05, 0) is 106 Å². The number of nitrogens with one attached hydrogen (secondary N) is 2. The molecule has 2 aliphatic rings. The zero-order valence-electron chi connectivity index (χ0n) is 18.9. The Hall–Kier alpha value is -2.38. The predicted octanol–water partition coefficient (Wildman–Crippen LogP) is 4.83. The summed E-state index contributed by atoms with van der Waals surface area (Å²) in [7, 11) is -3.60. The summed E-state index contributed by atoms with van der Waals surface area (Å²) >= 11 is 0. The second-order valence-corrected chi connectivity index (χ2v) is 11.1. The van der Waals surface area contributed by atoms with Crippen LogP contribution in [0, 0.1) is 17.8 Å². The summed E-state index contributed by atoms with van der Waals surface area (Å²) in [5.41, 5.74) is 1.04. The molecule has 7 heteroatoms. The first-order valence-corrected chi connectivity index (χ1v) is 12.9. The van der Waals surface area contributed by atoms with Gasteiger partial charge < -0.3 is 10.1 Å². The lowest BCUT2D eigenvalue weighted by atomic mass is 9.84. The van der Waals surface area contributed by atoms with E-state index in [0.29, 0.717) is 28.8 Å². The van der Waals surface area contributed by atoms with Crippen LogP contribution in [-0.2, 0) is 10.0 Å². The number of fused-ring (bicyclic) bond motifs is 2. The number of anilines is 1. The molecule has 0 saturated heterocycles. The Morgan fingerprint density at radius 3 is 2.22 bits per heavy atom. The maximum absolute atomic E-state index is 12.9. The van der Waals surface area contributed by atoms with Crippen LogP contribution in [0.5, 0.6) is 5.75 Å². The van der Waals surface area contributed by atoms with E-state index < -0.39 is 10.0 Å². The standard InChI is InChI=1S/C25H32N2O4S/c1-16(2)31-22-10-6-19(7-11-22)25(28)26-21-8-12-23(13-9-21)32(29,30)27-17(3)24-15-18-4-5-20(24)14-18/h6-13,16-18,20,24,27H,4-5,14-15H2,1-3H3,(H,26,28). The summed E-state index contributed by atoms with van der Waals surface area (Å²) < 4.78 is 34.2. The second kappa shape index (κ2) is 9.24. The topological polar surface area (TPSA) is 84.5 Å². The average molecular weight is 457 g/mol. The molecule has 4 atom stereocenters. The summed E-state index contributed by atoms with van der Waals surface area (Å²) in [5.74, 6) is 2.30. The Kier molecular flexibility index (Phi) is 6.58. The van der Waals surface area contributed by atoms with Crippen molar-refractivity contribution in [2.75, 3.05) is 5.32 Å². The minimum atomic E-state index is -3.60. The molecule has 2 aromatic carbocycles. The second-order valence-electron chi connectivity index (χ2n) is 9.42. The molecular formula is C25H32N2O4S. The highest BCUT2D eigenvalue weighted by Gasteiger charge is 2.42. The number of hydrogen-bond acceptors (Lipinski definition) is 4. The molecule has 2 aliphatic carbocycles. The van der Waals surface area contributed by atoms with E-state index in [-0.39, 0.29) is 22.9 Å². The molecule has 1 amide bonds. The molecule has 0 radical (unpaired) electrons. The highest BCUT2D eigenvalue weighted by molar-refractivity contribution is 7.89. The number of amides is 1. The van der Waals surface area contributed by atoms with Crippen LogP contribution < -0.4 is 14.8 Å². The van der Waals surface area contributed by atoms with E-state index in [9.17, 15) is 13.2 Å². The van der Waals surface area contributed by atoms with E-state index in [2.05, 4.69) is 10.0 Å². The lowest BCUT2D eigenvalue weighted by molar-refractivity contribution is 0.102. The zero-order valence-corrected chi connectivity index (χ0v) is 19.7. The van der Waals surface area contributed by atoms with E-state index in [1.165, 1.54) is 31.4 Å². The van der Waals surface area contributed by atoms with Gasteiger partial charge in [0.1, 0.15) is 5.75 Å². The van der Waals surface area contributed by atoms with E-state index in [0.717, 1.165) is 12.3 Å². The molecule has 2 aromatic rings. The number of carbonyl (C=O) groups excluding carboxylic acids is 1. The summed E-state index contributed by atoms with van der Waals surface area (Å²) in [5, 5.41) is 2.81. The Morgan fingerprint density at radius 1 is 0.969 bits per heavy atom. The molecular weight excluding hydrogens is 424 g/mol. The fourth-order valence-corrected chi connectivity index (χ4v) is 6.48. The molecule has 0 spiro atoms. The van der Waals surface area contributed by atoms with Crippen molar-refractivity contribution in [2.45, 2.75) is 63.5 Å². The Balaban J connectivity index is 1.36. The largest absolute Gasteiger partial charge is 0.491 e. The van der Waals surface area contributed by atoms with Gasteiger partial charge in [-0.2, -0.15) is 0 Å². The first-order chi connectivity index (χ1) is 15.2. The van der Waals surface area contributed by atoms with Crippen molar-refractivity contribution in [3.05, 3.63) is 54.1 Å². The highest BCUT2D eigenvalue weighted by atomic mass is 32.2. The molecule has 0 heterocycles. The van der Waals surface area contributed by atoms with Crippen LogP contribution in [0.25, 0.3) is 0 Å². The minimum absolute atomic E-state index is 0.0650. The third-order valence-electron chi connectivity index (χ3n) is 6.69. The van der Waals surface area contributed by atoms with Gasteiger partial charge in [-0.3, -0.25) is 4.79 Å². The van der Waals surface area contributed by atoms with Crippen molar-refractivity contribution >= 4 is 21.6 Å². The Bertz CT molecular complexity index is 1050. The number of carbonyl (C=O) groups is 1. The molecule has 172 valence electrons. The molecule has 0 aromatic heterocycles. The van der Waals surface area contributed by atoms with Crippen molar-refractivity contribution in [2.24, 2.45) is 17.8 Å². The number of sulfonamides is 1. The first kappa shape index (κ1) is 22.8. The fraction of sp³-hybridized carbons (Fsp3) is 0.480. The predicted molar refractivity (Wildman–Crippen MR) is 125 cm³/mol. The van der Waals surface area contributed by atoms with E-state index in [1.807, 2.05) is 20.8 Å². The van der Waals surface area contributed by atoms with Crippen molar-refractivity contribution in [1.82, 2.24) is 4.72 Å². The number of benzene rings is 2. The van der Waals surface area contributed by atoms with Gasteiger partial charge in [0.25, 0.3) is 5.91 Å². The Labute approximate surface area is 190 Å². The number of rotatable bonds is 8. The van der Waals surface area contributed by atoms with Crippen LogP contribution in [0.4, 0.5) is 5.69 Å². The van der Waals surface area contributed by atoms with Crippen LogP contribution in [0.1, 0.15) is 56.8 Å². The lowest BCUT2D eigenvalue weighted by Crippen LogP contribution is -2.40. The number of hydrogen-bond donors (Lipinski definition) is 2. The molecule has 2 saturated carbocycles. The maximum Gasteiger partial charge on any atom is 0.255 e. The number of ether oxygens (including phenoxy) is 1. The third kappa shape index (κ3) is 5.15. The monoisotopic (exact) mass is 456 g/mol. The van der Waals surface area contributed by atoms with Gasteiger partial charge in [-0.25, -0.2) is 13.1 Å². The average Bonchev–Trinajstić information content (AvgIpc) is 3.38. The molecule has 2 fully saturated rings. The SMILES string of the molecule is CC(C)Oc1ccc(C(=O)Nc2ccc(S(=O)(=O)NC(C)C3CC4CCC3C4)cc2)cc1. The maximum atomic E-state index is 12.9. The van der Waals surface area contributed by atoms with Crippen LogP contribution >= 0.6 is 0 Å². The van der Waals surface area contributed by atoms with Crippen molar-refractivity contribution in [3.8, 4) is 5.75 Å². The summed E-state index contributed by atoms with van der Waals surface area (Å²) in [6.45, 7) is 5.87. The zero-order chi connectivity index (χ0) is 22.9. The van der Waals surface area contributed by atoms with Crippen molar-refractivity contribution < 1.29 is 17.9 Å².